The van der Waals surface area contributed by atoms with Crippen molar-refractivity contribution in [2.75, 3.05) is 55.8 Å². The van der Waals surface area contributed by atoms with Crippen molar-refractivity contribution in [3.63, 3.8) is 0 Å². The van der Waals surface area contributed by atoms with E-state index in [1.807, 2.05) is 74.2 Å². The maximum Gasteiger partial charge on any atom is 0.251 e. The number of rotatable bonds is 21. The van der Waals surface area contributed by atoms with Crippen LogP contribution in [0.15, 0.2) is 96.4 Å². The van der Waals surface area contributed by atoms with E-state index in [-0.39, 0.29) is 59.1 Å². The van der Waals surface area contributed by atoms with Gasteiger partial charge in [-0.15, -0.1) is 0 Å². The summed E-state index contributed by atoms with van der Waals surface area (Å²) in [5.41, 5.74) is 7.25. The number of benzene rings is 3. The second-order valence-electron chi connectivity index (χ2n) is 16.6. The number of hydrogen-bond donors (Lipinski definition) is 4. The van der Waals surface area contributed by atoms with Gasteiger partial charge in [-0.25, -0.2) is 9.82 Å². The van der Waals surface area contributed by atoms with E-state index in [1.54, 1.807) is 65.3 Å². The molecular weight excluding hydrogens is 868 g/mol. The fourth-order valence-electron chi connectivity index (χ4n) is 7.26. The molecule has 2 unspecified atom stereocenters. The lowest BCUT2D eigenvalue weighted by Gasteiger charge is -2.36. The van der Waals surface area contributed by atoms with Crippen molar-refractivity contribution < 1.29 is 33.1 Å². The molecule has 0 radical (unpaired) electrons. The van der Waals surface area contributed by atoms with Crippen LogP contribution in [0.25, 0.3) is 0 Å². The smallest absolute Gasteiger partial charge is 0.251 e. The summed E-state index contributed by atoms with van der Waals surface area (Å²) in [5, 5.41) is 12.5. The van der Waals surface area contributed by atoms with Gasteiger partial charge in [-0.3, -0.25) is 29.0 Å². The summed E-state index contributed by atoms with van der Waals surface area (Å²) in [6.07, 6.45) is 5.87. The van der Waals surface area contributed by atoms with E-state index in [0.717, 1.165) is 23.2 Å². The van der Waals surface area contributed by atoms with Crippen molar-refractivity contribution in [1.82, 2.24) is 25.9 Å². The molecule has 1 aromatic heterocycles. The molecular formula is C48H57FN8O6S2. The lowest BCUT2D eigenvalue weighted by Crippen LogP contribution is -2.48. The molecule has 2 heterocycles. The van der Waals surface area contributed by atoms with Crippen molar-refractivity contribution in [3.8, 4) is 5.75 Å². The first-order chi connectivity index (χ1) is 31.3. The number of carbonyl (C=O) groups is 5. The highest BCUT2D eigenvalue weighted by molar-refractivity contribution is 8.77. The average molecular weight is 925 g/mol. The largest absolute Gasteiger partial charge is 0.494 e. The number of hydrogen-bond acceptors (Lipinski definition) is 11. The molecule has 1 saturated heterocycles. The molecule has 0 spiro atoms. The third-order valence-electron chi connectivity index (χ3n) is 11.1. The van der Waals surface area contributed by atoms with Gasteiger partial charge in [-0.2, -0.15) is 5.10 Å². The van der Waals surface area contributed by atoms with Crippen LogP contribution in [-0.2, 0) is 25.7 Å². The van der Waals surface area contributed by atoms with Crippen LogP contribution in [0.1, 0.15) is 85.8 Å². The second kappa shape index (κ2) is 23.3. The van der Waals surface area contributed by atoms with Gasteiger partial charge in [0.25, 0.3) is 5.91 Å². The van der Waals surface area contributed by atoms with Gasteiger partial charge in [0, 0.05) is 110 Å². The molecule has 65 heavy (non-hydrogen) atoms. The molecule has 4 aromatic rings. The molecule has 0 bridgehead atoms. The Balaban J connectivity index is 0.837. The summed E-state index contributed by atoms with van der Waals surface area (Å²) in [6, 6.07) is 22.9. The standard InChI is InChI=1S/C48H57FN8O6S2/c1-32(33-12-17-39(18-13-33)63-25-6-8-43(58)50-4)54-55-44(59)29-48(2,3)65-64-26-19-45(60)57-23-21-56(22-24-57)38-15-10-34(11-16-38)46(61)52-31-36-9-14-37(27-42(36)49)53-47(62)41-28-40(41)35-7-5-20-51-30-35/h5,7,9-18,20,27,30,40-41H,6,8,19,21-26,28-29,31H2,1-4H3,(H,50,58)(H,52,61)(H,53,62)(H,55,59)/b54-32+. The highest BCUT2D eigenvalue weighted by atomic mass is 33.1. The number of anilines is 2. The number of pyridine rings is 1. The van der Waals surface area contributed by atoms with Crippen LogP contribution >= 0.6 is 21.6 Å². The Morgan fingerprint density at radius 1 is 0.923 bits per heavy atom. The predicted octanol–water partition coefficient (Wildman–Crippen LogP) is 6.93. The number of amides is 5. The fourth-order valence-corrected chi connectivity index (χ4v) is 9.75. The Labute approximate surface area is 387 Å². The summed E-state index contributed by atoms with van der Waals surface area (Å²) in [6.45, 7) is 8.73. The van der Waals surface area contributed by atoms with E-state index >= 15 is 0 Å². The number of ether oxygens (including phenoxy) is 1. The maximum absolute atomic E-state index is 15.0. The van der Waals surface area contributed by atoms with Gasteiger partial charge in [0.15, 0.2) is 0 Å². The Morgan fingerprint density at radius 2 is 1.66 bits per heavy atom. The molecule has 1 aliphatic heterocycles. The average Bonchev–Trinajstić information content (AvgIpc) is 4.13. The van der Waals surface area contributed by atoms with E-state index in [4.69, 9.17) is 4.74 Å². The molecule has 5 amide bonds. The minimum absolute atomic E-state index is 0.00993. The van der Waals surface area contributed by atoms with E-state index < -0.39 is 5.82 Å². The third kappa shape index (κ3) is 14.8. The molecule has 344 valence electrons. The van der Waals surface area contributed by atoms with Gasteiger partial charge in [0.05, 0.1) is 12.3 Å². The van der Waals surface area contributed by atoms with Gasteiger partial charge in [0.2, 0.25) is 23.6 Å². The van der Waals surface area contributed by atoms with E-state index in [1.165, 1.54) is 6.07 Å². The Bertz CT molecular complexity index is 2310. The molecule has 4 N–H and O–H groups in total. The fraction of sp³-hybridized carbons (Fsp3) is 0.396. The molecule has 2 atom stereocenters. The number of carbonyl (C=O) groups excluding carboxylic acids is 5. The molecule has 1 saturated carbocycles. The van der Waals surface area contributed by atoms with Crippen LogP contribution in [0.4, 0.5) is 15.8 Å². The zero-order valence-corrected chi connectivity index (χ0v) is 38.9. The van der Waals surface area contributed by atoms with Gasteiger partial charge in [-0.05, 0) is 117 Å². The van der Waals surface area contributed by atoms with Crippen molar-refractivity contribution in [2.45, 2.75) is 70.1 Å². The van der Waals surface area contributed by atoms with Crippen LogP contribution < -0.4 is 31.0 Å². The minimum Gasteiger partial charge on any atom is -0.494 e. The van der Waals surface area contributed by atoms with E-state index in [9.17, 15) is 28.4 Å². The number of aromatic nitrogens is 1. The van der Waals surface area contributed by atoms with Crippen molar-refractivity contribution in [1.29, 1.82) is 0 Å². The lowest BCUT2D eigenvalue weighted by molar-refractivity contribution is -0.131. The number of nitrogens with one attached hydrogen (secondary N) is 4. The third-order valence-corrected chi connectivity index (χ3v) is 14.4. The first-order valence-electron chi connectivity index (χ1n) is 21.8. The molecule has 2 fully saturated rings. The summed E-state index contributed by atoms with van der Waals surface area (Å²) in [7, 11) is 4.77. The SMILES string of the molecule is CNC(=O)CCCOc1ccc(/C(C)=N/NC(=O)CC(C)(C)SSCCC(=O)N2CCN(c3ccc(C(=O)NCc4ccc(NC(=O)C5CC5c5cccnc5)cc4F)cc3)CC2)cc1. The Kier molecular flexibility index (Phi) is 17.4. The number of nitrogens with zero attached hydrogens (tertiary/aromatic N) is 4. The molecule has 3 aromatic carbocycles. The minimum atomic E-state index is -0.521. The molecule has 14 nitrogen and oxygen atoms in total. The topological polar surface area (TPSA) is 174 Å². The van der Waals surface area contributed by atoms with Crippen molar-refractivity contribution in [2.24, 2.45) is 11.0 Å². The molecule has 17 heteroatoms. The monoisotopic (exact) mass is 924 g/mol. The quantitative estimate of drug-likeness (QED) is 0.0297. The van der Waals surface area contributed by atoms with Gasteiger partial charge in [0.1, 0.15) is 11.6 Å². The summed E-state index contributed by atoms with van der Waals surface area (Å²) < 4.78 is 20.3. The highest BCUT2D eigenvalue weighted by Gasteiger charge is 2.44. The highest BCUT2D eigenvalue weighted by Crippen LogP contribution is 2.47. The number of halogens is 1. The van der Waals surface area contributed by atoms with Gasteiger partial charge >= 0.3 is 0 Å². The lowest BCUT2D eigenvalue weighted by atomic mass is 10.1. The van der Waals surface area contributed by atoms with E-state index in [2.05, 4.69) is 36.4 Å². The van der Waals surface area contributed by atoms with Crippen LogP contribution in [0, 0.1) is 11.7 Å². The normalized spacial score (nSPS) is 16.0. The number of hydrazone groups is 1. The Morgan fingerprint density at radius 3 is 2.35 bits per heavy atom. The maximum atomic E-state index is 15.0. The summed E-state index contributed by atoms with van der Waals surface area (Å²) in [5.74, 6) is 0.134. The van der Waals surface area contributed by atoms with Crippen LogP contribution in [0.3, 0.4) is 0 Å². The molecule has 2 aliphatic rings. The Hall–Kier alpha value is -5.94. The summed E-state index contributed by atoms with van der Waals surface area (Å²) in [4.78, 5) is 71.0. The first kappa shape index (κ1) is 48.5. The molecule has 6 rings (SSSR count). The van der Waals surface area contributed by atoms with Crippen LogP contribution in [-0.4, -0.2) is 95.5 Å². The molecule has 1 aliphatic carbocycles. The first-order valence-corrected chi connectivity index (χ1v) is 24.1. The van der Waals surface area contributed by atoms with Gasteiger partial charge in [-0.1, -0.05) is 33.7 Å². The van der Waals surface area contributed by atoms with Gasteiger partial charge < -0.3 is 30.5 Å². The second-order valence-corrected chi connectivity index (χ2v) is 19.7. The zero-order chi connectivity index (χ0) is 46.3. The van der Waals surface area contributed by atoms with Crippen molar-refractivity contribution in [3.05, 3.63) is 119 Å². The zero-order valence-electron chi connectivity index (χ0n) is 37.2. The van der Waals surface area contributed by atoms with Crippen LogP contribution in [0.2, 0.25) is 0 Å². The van der Waals surface area contributed by atoms with E-state index in [0.29, 0.717) is 86.1 Å². The predicted molar refractivity (Wildman–Crippen MR) is 255 cm³/mol. The number of piperazine rings is 1. The summed E-state index contributed by atoms with van der Waals surface area (Å²) >= 11 is 0. The van der Waals surface area contributed by atoms with Crippen molar-refractivity contribution >= 4 is 68.2 Å². The van der Waals surface area contributed by atoms with Crippen LogP contribution in [0.5, 0.6) is 5.75 Å².